The molecule has 0 radical (unpaired) electrons. The summed E-state index contributed by atoms with van der Waals surface area (Å²) in [6.07, 6.45) is 1.64. The molecule has 7 heteroatoms. The van der Waals surface area contributed by atoms with E-state index < -0.39 is 15.6 Å². The number of nitrogens with zero attached hydrogens (tertiary/aromatic N) is 1. The molecular formula is C13H22N2O4S. The Balaban J connectivity index is 2.32. The molecule has 0 amide bonds. The average Bonchev–Trinajstić information content (AvgIpc) is 2.81. The third kappa shape index (κ3) is 2.76. The van der Waals surface area contributed by atoms with Crippen molar-refractivity contribution in [3.63, 3.8) is 0 Å². The monoisotopic (exact) mass is 302 g/mol. The van der Waals surface area contributed by atoms with Gasteiger partial charge in [0.1, 0.15) is 16.4 Å². The zero-order valence-corrected chi connectivity index (χ0v) is 13.0. The molecule has 1 atom stereocenters. The third-order valence-electron chi connectivity index (χ3n) is 3.86. The molecule has 2 rings (SSSR count). The van der Waals surface area contributed by atoms with Crippen molar-refractivity contribution in [2.45, 2.75) is 43.7 Å². The molecule has 1 unspecified atom stereocenters. The number of nitrogens with two attached hydrogens (primary N) is 1. The number of ether oxygens (including phenoxy) is 1. The minimum atomic E-state index is -3.56. The van der Waals surface area contributed by atoms with Crippen LogP contribution >= 0.6 is 0 Å². The molecule has 0 bridgehead atoms. The summed E-state index contributed by atoms with van der Waals surface area (Å²) in [6.45, 7) is 4.62. The minimum absolute atomic E-state index is 0.187. The van der Waals surface area contributed by atoms with Gasteiger partial charge in [0.15, 0.2) is 0 Å². The molecule has 0 saturated carbocycles. The molecule has 114 valence electrons. The molecule has 0 aliphatic carbocycles. The number of piperidine rings is 1. The second-order valence-corrected chi connectivity index (χ2v) is 7.34. The van der Waals surface area contributed by atoms with Crippen molar-refractivity contribution in [3.05, 3.63) is 17.6 Å². The lowest BCUT2D eigenvalue weighted by Gasteiger charge is -2.38. The Morgan fingerprint density at radius 3 is 2.80 bits per heavy atom. The molecule has 2 N–H and O–H groups in total. The number of hydrogen-bond donors (Lipinski definition) is 1. The summed E-state index contributed by atoms with van der Waals surface area (Å²) in [6, 6.07) is 1.52. The van der Waals surface area contributed by atoms with Crippen molar-refractivity contribution in [2.24, 2.45) is 5.73 Å². The van der Waals surface area contributed by atoms with E-state index in [0.717, 1.165) is 12.8 Å². The number of rotatable bonds is 4. The van der Waals surface area contributed by atoms with Crippen LogP contribution in [0.1, 0.15) is 31.3 Å². The van der Waals surface area contributed by atoms with Crippen LogP contribution in [0.3, 0.4) is 0 Å². The molecule has 1 aromatic rings. The van der Waals surface area contributed by atoms with Gasteiger partial charge in [0.25, 0.3) is 0 Å². The summed E-state index contributed by atoms with van der Waals surface area (Å²) in [5.41, 5.74) is 5.07. The van der Waals surface area contributed by atoms with E-state index in [2.05, 4.69) is 0 Å². The van der Waals surface area contributed by atoms with Crippen LogP contribution in [0, 0.1) is 6.92 Å². The Bertz CT molecular complexity index is 581. The van der Waals surface area contributed by atoms with Gasteiger partial charge in [0.05, 0.1) is 12.1 Å². The van der Waals surface area contributed by atoms with E-state index in [9.17, 15) is 8.42 Å². The highest BCUT2D eigenvalue weighted by atomic mass is 32.2. The maximum absolute atomic E-state index is 12.7. The lowest BCUT2D eigenvalue weighted by Crippen LogP contribution is -2.49. The van der Waals surface area contributed by atoms with Crippen LogP contribution in [0.4, 0.5) is 0 Å². The fourth-order valence-electron chi connectivity index (χ4n) is 2.55. The lowest BCUT2D eigenvalue weighted by molar-refractivity contribution is -0.0319. The van der Waals surface area contributed by atoms with Crippen molar-refractivity contribution >= 4 is 10.0 Å². The normalized spacial score (nSPS) is 25.0. The second kappa shape index (κ2) is 5.48. The van der Waals surface area contributed by atoms with E-state index in [1.807, 2.05) is 6.92 Å². The van der Waals surface area contributed by atoms with Gasteiger partial charge in [-0.25, -0.2) is 8.42 Å². The smallest absolute Gasteiger partial charge is 0.246 e. The molecule has 20 heavy (non-hydrogen) atoms. The first-order valence-corrected chi connectivity index (χ1v) is 8.11. The highest BCUT2D eigenvalue weighted by Crippen LogP contribution is 2.30. The number of methoxy groups -OCH3 is 1. The quantitative estimate of drug-likeness (QED) is 0.904. The van der Waals surface area contributed by atoms with E-state index in [0.29, 0.717) is 24.6 Å². The second-order valence-electron chi connectivity index (χ2n) is 5.43. The summed E-state index contributed by atoms with van der Waals surface area (Å²) in [5.74, 6) is 0.864. The Hall–Kier alpha value is -0.890. The van der Waals surface area contributed by atoms with E-state index in [4.69, 9.17) is 14.9 Å². The van der Waals surface area contributed by atoms with E-state index in [1.54, 1.807) is 14.0 Å². The van der Waals surface area contributed by atoms with Gasteiger partial charge in [0, 0.05) is 26.3 Å². The van der Waals surface area contributed by atoms with Gasteiger partial charge in [-0.05, 0) is 26.7 Å². The number of hydrogen-bond acceptors (Lipinski definition) is 5. The Morgan fingerprint density at radius 1 is 1.55 bits per heavy atom. The first kappa shape index (κ1) is 15.5. The fraction of sp³-hybridized carbons (Fsp3) is 0.692. The molecule has 1 aromatic heterocycles. The first-order chi connectivity index (χ1) is 9.32. The minimum Gasteiger partial charge on any atom is -0.464 e. The highest BCUT2D eigenvalue weighted by molar-refractivity contribution is 7.89. The number of furan rings is 1. The van der Waals surface area contributed by atoms with E-state index in [1.165, 1.54) is 10.4 Å². The van der Waals surface area contributed by atoms with Crippen LogP contribution in [0.15, 0.2) is 15.4 Å². The zero-order chi connectivity index (χ0) is 15.0. The fourth-order valence-corrected chi connectivity index (χ4v) is 4.33. The summed E-state index contributed by atoms with van der Waals surface area (Å²) < 4.78 is 37.7. The molecule has 1 fully saturated rings. The van der Waals surface area contributed by atoms with Gasteiger partial charge in [-0.15, -0.1) is 0 Å². The van der Waals surface area contributed by atoms with Crippen LogP contribution in [-0.2, 0) is 21.3 Å². The first-order valence-electron chi connectivity index (χ1n) is 6.67. The number of sulfonamides is 1. The summed E-state index contributed by atoms with van der Waals surface area (Å²) in [5, 5.41) is 0. The predicted molar refractivity (Wildman–Crippen MR) is 74.7 cm³/mol. The summed E-state index contributed by atoms with van der Waals surface area (Å²) >= 11 is 0. The topological polar surface area (TPSA) is 85.8 Å². The van der Waals surface area contributed by atoms with Crippen molar-refractivity contribution in [2.75, 3.05) is 20.2 Å². The maximum Gasteiger partial charge on any atom is 0.246 e. The molecule has 1 aliphatic rings. The van der Waals surface area contributed by atoms with Gasteiger partial charge in [-0.3, -0.25) is 0 Å². The molecular weight excluding hydrogens is 280 g/mol. The zero-order valence-electron chi connectivity index (χ0n) is 12.2. The molecule has 2 heterocycles. The van der Waals surface area contributed by atoms with Crippen molar-refractivity contribution in [1.29, 1.82) is 0 Å². The average molecular weight is 302 g/mol. The van der Waals surface area contributed by atoms with Crippen LogP contribution in [0.25, 0.3) is 0 Å². The molecule has 1 saturated heterocycles. The van der Waals surface area contributed by atoms with Crippen LogP contribution in [-0.4, -0.2) is 38.5 Å². The van der Waals surface area contributed by atoms with Gasteiger partial charge >= 0.3 is 0 Å². The Kier molecular flexibility index (Phi) is 4.24. The Morgan fingerprint density at radius 2 is 2.25 bits per heavy atom. The largest absolute Gasteiger partial charge is 0.464 e. The van der Waals surface area contributed by atoms with E-state index >= 15 is 0 Å². The van der Waals surface area contributed by atoms with Gasteiger partial charge in [0.2, 0.25) is 10.0 Å². The van der Waals surface area contributed by atoms with Crippen LogP contribution in [0.5, 0.6) is 0 Å². The highest BCUT2D eigenvalue weighted by Gasteiger charge is 2.38. The lowest BCUT2D eigenvalue weighted by atomic mass is 9.96. The number of aryl methyl sites for hydroxylation is 1. The molecule has 0 spiro atoms. The van der Waals surface area contributed by atoms with Gasteiger partial charge in [-0.2, -0.15) is 4.31 Å². The van der Waals surface area contributed by atoms with E-state index in [-0.39, 0.29) is 11.4 Å². The molecule has 0 aromatic carbocycles. The maximum atomic E-state index is 12.7. The van der Waals surface area contributed by atoms with Crippen LogP contribution < -0.4 is 5.73 Å². The molecule has 6 nitrogen and oxygen atoms in total. The van der Waals surface area contributed by atoms with Crippen molar-refractivity contribution < 1.29 is 17.6 Å². The standard InChI is InChI=1S/C13H22N2O4S/c1-10-12(7-11(8-14)19-10)20(16,17)15-6-4-5-13(2,9-15)18-3/h7H,4-6,8-9,14H2,1-3H3. The SMILES string of the molecule is COC1(C)CCCN(S(=O)(=O)c2cc(CN)oc2C)C1. The van der Waals surface area contributed by atoms with Gasteiger partial charge < -0.3 is 14.9 Å². The molecule has 1 aliphatic heterocycles. The summed E-state index contributed by atoms with van der Waals surface area (Å²) in [7, 11) is -1.94. The third-order valence-corrected chi connectivity index (χ3v) is 5.81. The predicted octanol–water partition coefficient (Wildman–Crippen LogP) is 1.24. The Labute approximate surface area is 119 Å². The van der Waals surface area contributed by atoms with Crippen molar-refractivity contribution in [1.82, 2.24) is 4.31 Å². The van der Waals surface area contributed by atoms with Crippen LogP contribution in [0.2, 0.25) is 0 Å². The summed E-state index contributed by atoms with van der Waals surface area (Å²) in [4.78, 5) is 0.207. The van der Waals surface area contributed by atoms with Crippen molar-refractivity contribution in [3.8, 4) is 0 Å². The van der Waals surface area contributed by atoms with Gasteiger partial charge in [-0.1, -0.05) is 0 Å².